The van der Waals surface area contributed by atoms with E-state index in [4.69, 9.17) is 4.74 Å². The van der Waals surface area contributed by atoms with E-state index in [1.165, 1.54) is 5.56 Å². The van der Waals surface area contributed by atoms with Gasteiger partial charge in [0.25, 0.3) is 5.91 Å². The molecule has 0 radical (unpaired) electrons. The van der Waals surface area contributed by atoms with Crippen molar-refractivity contribution >= 4 is 5.91 Å². The number of carbonyl (C=O) groups is 1. The lowest BCUT2D eigenvalue weighted by molar-refractivity contribution is 0.0707. The van der Waals surface area contributed by atoms with Crippen LogP contribution in [0.5, 0.6) is 5.75 Å². The Morgan fingerprint density at radius 2 is 1.82 bits per heavy atom. The zero-order chi connectivity index (χ0) is 19.2. The van der Waals surface area contributed by atoms with Gasteiger partial charge in [-0.15, -0.1) is 0 Å². The van der Waals surface area contributed by atoms with E-state index in [1.807, 2.05) is 53.6 Å². The summed E-state index contributed by atoms with van der Waals surface area (Å²) < 4.78 is 5.97. The number of nitrogens with zero attached hydrogens (tertiary/aromatic N) is 2. The number of benzene rings is 2. The minimum atomic E-state index is 0.0493. The highest BCUT2D eigenvalue weighted by molar-refractivity contribution is 5.97. The van der Waals surface area contributed by atoms with Crippen LogP contribution in [0.4, 0.5) is 0 Å². The van der Waals surface area contributed by atoms with Gasteiger partial charge in [-0.3, -0.25) is 4.79 Å². The molecule has 0 spiro atoms. The number of amides is 1. The number of nitrogens with one attached hydrogen (secondary N) is 1. The standard InChI is InChI=1S/C23H25N3O2/c27-23(26-15-10-19(11-16-26)22-24-13-14-25-22)20-8-4-5-9-21(20)28-17-12-18-6-2-1-3-7-18/h1-9,13-14,19H,10-12,15-17H2,(H,24,25). The topological polar surface area (TPSA) is 58.2 Å². The summed E-state index contributed by atoms with van der Waals surface area (Å²) in [6.07, 6.45) is 6.32. The Hall–Kier alpha value is -3.08. The van der Waals surface area contributed by atoms with Crippen LogP contribution in [0.25, 0.3) is 0 Å². The highest BCUT2D eigenvalue weighted by atomic mass is 16.5. The van der Waals surface area contributed by atoms with Crippen LogP contribution in [0.2, 0.25) is 0 Å². The van der Waals surface area contributed by atoms with Gasteiger partial charge in [0.2, 0.25) is 0 Å². The number of hydrogen-bond donors (Lipinski definition) is 1. The lowest BCUT2D eigenvalue weighted by Gasteiger charge is -2.31. The minimum absolute atomic E-state index is 0.0493. The number of carbonyl (C=O) groups excluding carboxylic acids is 1. The molecule has 2 heterocycles. The SMILES string of the molecule is O=C(c1ccccc1OCCc1ccccc1)N1CCC(c2ncc[nH]2)CC1. The molecule has 144 valence electrons. The maximum absolute atomic E-state index is 13.1. The summed E-state index contributed by atoms with van der Waals surface area (Å²) in [6.45, 7) is 2.03. The van der Waals surface area contributed by atoms with Crippen molar-refractivity contribution in [2.45, 2.75) is 25.2 Å². The molecule has 0 atom stereocenters. The largest absolute Gasteiger partial charge is 0.492 e. The third-order valence-electron chi connectivity index (χ3n) is 5.30. The third kappa shape index (κ3) is 4.25. The molecule has 1 N–H and O–H groups in total. The van der Waals surface area contributed by atoms with Crippen LogP contribution in [-0.2, 0) is 6.42 Å². The van der Waals surface area contributed by atoms with E-state index in [1.54, 1.807) is 6.20 Å². The Balaban J connectivity index is 1.37. The molecule has 1 amide bonds. The fraction of sp³-hybridized carbons (Fsp3) is 0.304. The molecule has 1 fully saturated rings. The summed E-state index contributed by atoms with van der Waals surface area (Å²) in [5, 5.41) is 0. The smallest absolute Gasteiger partial charge is 0.257 e. The molecular formula is C23H25N3O2. The summed E-state index contributed by atoms with van der Waals surface area (Å²) in [5.41, 5.74) is 1.87. The highest BCUT2D eigenvalue weighted by Gasteiger charge is 2.27. The van der Waals surface area contributed by atoms with Gasteiger partial charge >= 0.3 is 0 Å². The molecule has 5 nitrogen and oxygen atoms in total. The molecule has 5 heteroatoms. The number of piperidine rings is 1. The van der Waals surface area contributed by atoms with E-state index >= 15 is 0 Å². The van der Waals surface area contributed by atoms with Gasteiger partial charge < -0.3 is 14.6 Å². The summed E-state index contributed by atoms with van der Waals surface area (Å²) in [5.74, 6) is 2.14. The molecule has 0 bridgehead atoms. The second kappa shape index (κ2) is 8.74. The van der Waals surface area contributed by atoms with Gasteiger partial charge in [0, 0.05) is 37.8 Å². The Kier molecular flexibility index (Phi) is 5.71. The lowest BCUT2D eigenvalue weighted by Crippen LogP contribution is -2.38. The van der Waals surface area contributed by atoms with E-state index in [-0.39, 0.29) is 5.91 Å². The third-order valence-corrected chi connectivity index (χ3v) is 5.30. The lowest BCUT2D eigenvalue weighted by atomic mass is 9.95. The van der Waals surface area contributed by atoms with E-state index in [0.717, 1.165) is 38.2 Å². The molecule has 0 saturated carbocycles. The number of hydrogen-bond acceptors (Lipinski definition) is 3. The average Bonchev–Trinajstić information content (AvgIpc) is 3.29. The second-order valence-corrected chi connectivity index (χ2v) is 7.12. The first-order valence-corrected chi connectivity index (χ1v) is 9.85. The second-order valence-electron chi connectivity index (χ2n) is 7.12. The maximum atomic E-state index is 13.1. The molecule has 0 aliphatic carbocycles. The molecule has 1 aromatic heterocycles. The van der Waals surface area contributed by atoms with Crippen molar-refractivity contribution < 1.29 is 9.53 Å². The zero-order valence-corrected chi connectivity index (χ0v) is 15.9. The Morgan fingerprint density at radius 1 is 1.07 bits per heavy atom. The van der Waals surface area contributed by atoms with Crippen molar-refractivity contribution in [3.63, 3.8) is 0 Å². The van der Waals surface area contributed by atoms with E-state index in [0.29, 0.717) is 23.8 Å². The van der Waals surface area contributed by atoms with Gasteiger partial charge in [-0.05, 0) is 30.5 Å². The minimum Gasteiger partial charge on any atom is -0.492 e. The van der Waals surface area contributed by atoms with Crippen LogP contribution < -0.4 is 4.74 Å². The molecule has 3 aromatic rings. The molecular weight excluding hydrogens is 350 g/mol. The van der Waals surface area contributed by atoms with Gasteiger partial charge in [0.1, 0.15) is 11.6 Å². The predicted octanol–water partition coefficient (Wildman–Crippen LogP) is 4.05. The van der Waals surface area contributed by atoms with Crippen molar-refractivity contribution in [1.82, 2.24) is 14.9 Å². The Morgan fingerprint density at radius 3 is 2.57 bits per heavy atom. The molecule has 1 aliphatic heterocycles. The molecule has 4 rings (SSSR count). The molecule has 2 aromatic carbocycles. The monoisotopic (exact) mass is 375 g/mol. The summed E-state index contributed by atoms with van der Waals surface area (Å²) in [4.78, 5) is 22.6. The van der Waals surface area contributed by atoms with Crippen molar-refractivity contribution in [1.29, 1.82) is 0 Å². The van der Waals surface area contributed by atoms with Crippen LogP contribution in [-0.4, -0.2) is 40.5 Å². The van der Waals surface area contributed by atoms with Crippen LogP contribution in [0.15, 0.2) is 67.0 Å². The molecule has 1 aliphatic rings. The Labute approximate surface area is 165 Å². The number of aromatic nitrogens is 2. The van der Waals surface area contributed by atoms with Crippen molar-refractivity contribution in [3.8, 4) is 5.75 Å². The fourth-order valence-corrected chi connectivity index (χ4v) is 3.72. The molecule has 0 unspecified atom stereocenters. The van der Waals surface area contributed by atoms with Crippen molar-refractivity contribution in [2.75, 3.05) is 19.7 Å². The maximum Gasteiger partial charge on any atom is 0.257 e. The first-order chi connectivity index (χ1) is 13.8. The zero-order valence-electron chi connectivity index (χ0n) is 15.9. The first kappa shape index (κ1) is 18.3. The fourth-order valence-electron chi connectivity index (χ4n) is 3.72. The van der Waals surface area contributed by atoms with E-state index < -0.39 is 0 Å². The quantitative estimate of drug-likeness (QED) is 0.707. The number of likely N-dealkylation sites (tertiary alicyclic amines) is 1. The van der Waals surface area contributed by atoms with Gasteiger partial charge in [0.05, 0.1) is 12.2 Å². The van der Waals surface area contributed by atoms with Crippen LogP contribution in [0, 0.1) is 0 Å². The number of H-pyrrole nitrogens is 1. The van der Waals surface area contributed by atoms with Crippen molar-refractivity contribution in [3.05, 3.63) is 83.9 Å². The van der Waals surface area contributed by atoms with Crippen LogP contribution in [0.1, 0.15) is 40.5 Å². The average molecular weight is 375 g/mol. The first-order valence-electron chi connectivity index (χ1n) is 9.85. The van der Waals surface area contributed by atoms with Crippen molar-refractivity contribution in [2.24, 2.45) is 0 Å². The van der Waals surface area contributed by atoms with Gasteiger partial charge in [-0.1, -0.05) is 42.5 Å². The van der Waals surface area contributed by atoms with Gasteiger partial charge in [0.15, 0.2) is 0 Å². The van der Waals surface area contributed by atoms with Crippen LogP contribution in [0.3, 0.4) is 0 Å². The predicted molar refractivity (Wildman–Crippen MR) is 109 cm³/mol. The normalized spacial score (nSPS) is 14.8. The summed E-state index contributed by atoms with van der Waals surface area (Å²) in [6, 6.07) is 17.8. The molecule has 1 saturated heterocycles. The number of para-hydroxylation sites is 1. The van der Waals surface area contributed by atoms with E-state index in [9.17, 15) is 4.79 Å². The number of ether oxygens (including phenoxy) is 1. The van der Waals surface area contributed by atoms with E-state index in [2.05, 4.69) is 22.1 Å². The molecule has 28 heavy (non-hydrogen) atoms. The van der Waals surface area contributed by atoms with Gasteiger partial charge in [-0.2, -0.15) is 0 Å². The number of aromatic amines is 1. The summed E-state index contributed by atoms with van der Waals surface area (Å²) >= 11 is 0. The Bertz CT molecular complexity index is 885. The highest BCUT2D eigenvalue weighted by Crippen LogP contribution is 2.28. The number of rotatable bonds is 6. The number of imidazole rings is 1. The van der Waals surface area contributed by atoms with Crippen LogP contribution >= 0.6 is 0 Å². The van der Waals surface area contributed by atoms with Gasteiger partial charge in [-0.25, -0.2) is 4.98 Å². The summed E-state index contributed by atoms with van der Waals surface area (Å²) in [7, 11) is 0.